The van der Waals surface area contributed by atoms with E-state index >= 15 is 0 Å². The Morgan fingerprint density at radius 3 is 3.06 bits per heavy atom. The number of aromatic nitrogens is 1. The molecule has 1 aromatic heterocycles. The number of H-pyrrole nitrogens is 1. The molecule has 0 unspecified atom stereocenters. The van der Waals surface area contributed by atoms with Crippen LogP contribution in [0.4, 0.5) is 5.69 Å². The molecule has 0 aliphatic rings. The predicted molar refractivity (Wildman–Crippen MR) is 71.5 cm³/mol. The van der Waals surface area contributed by atoms with Crippen molar-refractivity contribution in [3.63, 3.8) is 0 Å². The van der Waals surface area contributed by atoms with Crippen LogP contribution in [0.25, 0.3) is 10.9 Å². The number of ether oxygens (including phenoxy) is 1. The van der Waals surface area contributed by atoms with Gasteiger partial charge in [0.05, 0.1) is 6.61 Å². The zero-order valence-electron chi connectivity index (χ0n) is 10.3. The van der Waals surface area contributed by atoms with Crippen molar-refractivity contribution in [2.24, 2.45) is 0 Å². The highest BCUT2D eigenvalue weighted by molar-refractivity contribution is 5.98. The van der Waals surface area contributed by atoms with Crippen molar-refractivity contribution in [1.29, 1.82) is 0 Å². The summed E-state index contributed by atoms with van der Waals surface area (Å²) in [6.07, 6.45) is 0. The predicted octanol–water partition coefficient (Wildman–Crippen LogP) is 1.52. The van der Waals surface area contributed by atoms with Gasteiger partial charge in [0.25, 0.3) is 5.91 Å². The SMILES string of the molecule is CCOCCNC(=O)c1cc2cc(N)ccc2[nH]1. The molecule has 5 heteroatoms. The quantitative estimate of drug-likeness (QED) is 0.553. The minimum absolute atomic E-state index is 0.135. The van der Waals surface area contributed by atoms with E-state index in [0.29, 0.717) is 31.1 Å². The van der Waals surface area contributed by atoms with E-state index in [4.69, 9.17) is 10.5 Å². The maximum Gasteiger partial charge on any atom is 0.267 e. The molecule has 0 aliphatic carbocycles. The Morgan fingerprint density at radius 1 is 1.44 bits per heavy atom. The summed E-state index contributed by atoms with van der Waals surface area (Å²) < 4.78 is 5.15. The van der Waals surface area contributed by atoms with Crippen LogP contribution in [0.15, 0.2) is 24.3 Å². The molecule has 0 saturated carbocycles. The van der Waals surface area contributed by atoms with Crippen LogP contribution in [0.1, 0.15) is 17.4 Å². The lowest BCUT2D eigenvalue weighted by atomic mass is 10.2. The highest BCUT2D eigenvalue weighted by atomic mass is 16.5. The van der Waals surface area contributed by atoms with Crippen molar-refractivity contribution in [1.82, 2.24) is 10.3 Å². The number of amides is 1. The molecule has 4 N–H and O–H groups in total. The van der Waals surface area contributed by atoms with Crippen LogP contribution in [0.3, 0.4) is 0 Å². The molecule has 0 radical (unpaired) electrons. The molecule has 2 rings (SSSR count). The molecule has 0 atom stereocenters. The minimum atomic E-state index is -0.135. The number of fused-ring (bicyclic) bond motifs is 1. The van der Waals surface area contributed by atoms with Gasteiger partial charge in [-0.25, -0.2) is 0 Å². The highest BCUT2D eigenvalue weighted by Crippen LogP contribution is 2.18. The Labute approximate surface area is 105 Å². The Kier molecular flexibility index (Phi) is 3.84. The van der Waals surface area contributed by atoms with E-state index in [1.165, 1.54) is 0 Å². The van der Waals surface area contributed by atoms with Crippen LogP contribution in [-0.2, 0) is 4.74 Å². The van der Waals surface area contributed by atoms with Crippen molar-refractivity contribution in [3.05, 3.63) is 30.0 Å². The largest absolute Gasteiger partial charge is 0.399 e. The lowest BCUT2D eigenvalue weighted by Gasteiger charge is -2.03. The summed E-state index contributed by atoms with van der Waals surface area (Å²) >= 11 is 0. The third kappa shape index (κ3) is 2.81. The molecule has 0 bridgehead atoms. The van der Waals surface area contributed by atoms with E-state index in [9.17, 15) is 4.79 Å². The van der Waals surface area contributed by atoms with Gasteiger partial charge in [-0.05, 0) is 31.2 Å². The number of rotatable bonds is 5. The summed E-state index contributed by atoms with van der Waals surface area (Å²) in [5, 5.41) is 3.72. The number of nitrogens with one attached hydrogen (secondary N) is 2. The van der Waals surface area contributed by atoms with Gasteiger partial charge in [-0.15, -0.1) is 0 Å². The second kappa shape index (κ2) is 5.55. The molecule has 18 heavy (non-hydrogen) atoms. The monoisotopic (exact) mass is 247 g/mol. The van der Waals surface area contributed by atoms with E-state index < -0.39 is 0 Å². The molecular weight excluding hydrogens is 230 g/mol. The third-order valence-corrected chi connectivity index (χ3v) is 2.63. The topological polar surface area (TPSA) is 80.1 Å². The molecule has 5 nitrogen and oxygen atoms in total. The lowest BCUT2D eigenvalue weighted by Crippen LogP contribution is -2.27. The molecule has 2 aromatic rings. The van der Waals surface area contributed by atoms with Crippen LogP contribution in [0, 0.1) is 0 Å². The average Bonchev–Trinajstić information content (AvgIpc) is 2.77. The lowest BCUT2D eigenvalue weighted by molar-refractivity contribution is 0.0918. The molecular formula is C13H17N3O2. The van der Waals surface area contributed by atoms with E-state index in [0.717, 1.165) is 10.9 Å². The van der Waals surface area contributed by atoms with E-state index in [2.05, 4.69) is 10.3 Å². The molecule has 96 valence electrons. The van der Waals surface area contributed by atoms with Crippen molar-refractivity contribution < 1.29 is 9.53 Å². The molecule has 0 fully saturated rings. The second-order valence-corrected chi connectivity index (χ2v) is 3.98. The van der Waals surface area contributed by atoms with Gasteiger partial charge in [0.15, 0.2) is 0 Å². The summed E-state index contributed by atoms with van der Waals surface area (Å²) in [5.74, 6) is -0.135. The fourth-order valence-corrected chi connectivity index (χ4v) is 1.75. The molecule has 1 amide bonds. The normalized spacial score (nSPS) is 10.7. The Morgan fingerprint density at radius 2 is 2.28 bits per heavy atom. The maximum atomic E-state index is 11.8. The van der Waals surface area contributed by atoms with Crippen LogP contribution >= 0.6 is 0 Å². The highest BCUT2D eigenvalue weighted by Gasteiger charge is 2.08. The van der Waals surface area contributed by atoms with Gasteiger partial charge in [-0.2, -0.15) is 0 Å². The summed E-state index contributed by atoms with van der Waals surface area (Å²) in [4.78, 5) is 14.9. The van der Waals surface area contributed by atoms with E-state index in [1.807, 2.05) is 19.1 Å². The number of aromatic amines is 1. The summed E-state index contributed by atoms with van der Waals surface area (Å²) in [7, 11) is 0. The Bertz CT molecular complexity index is 548. The van der Waals surface area contributed by atoms with Gasteiger partial charge in [0, 0.05) is 29.7 Å². The van der Waals surface area contributed by atoms with Crippen molar-refractivity contribution in [2.45, 2.75) is 6.92 Å². The van der Waals surface area contributed by atoms with Crippen molar-refractivity contribution in [3.8, 4) is 0 Å². The zero-order chi connectivity index (χ0) is 13.0. The first-order chi connectivity index (χ1) is 8.70. The minimum Gasteiger partial charge on any atom is -0.399 e. The van der Waals surface area contributed by atoms with Gasteiger partial charge < -0.3 is 20.8 Å². The number of carbonyl (C=O) groups is 1. The van der Waals surface area contributed by atoms with Gasteiger partial charge in [-0.1, -0.05) is 0 Å². The van der Waals surface area contributed by atoms with Gasteiger partial charge in [-0.3, -0.25) is 4.79 Å². The molecule has 0 spiro atoms. The number of hydrogen-bond donors (Lipinski definition) is 3. The second-order valence-electron chi connectivity index (χ2n) is 3.98. The number of nitrogens with two attached hydrogens (primary N) is 1. The number of carbonyl (C=O) groups excluding carboxylic acids is 1. The first-order valence-electron chi connectivity index (χ1n) is 5.95. The molecule has 1 aromatic carbocycles. The number of nitrogen functional groups attached to an aromatic ring is 1. The third-order valence-electron chi connectivity index (χ3n) is 2.63. The fourth-order valence-electron chi connectivity index (χ4n) is 1.75. The fraction of sp³-hybridized carbons (Fsp3) is 0.308. The molecule has 1 heterocycles. The standard InChI is InChI=1S/C13H17N3O2/c1-2-18-6-5-15-13(17)12-8-9-7-10(14)3-4-11(9)16-12/h3-4,7-8,16H,2,5-6,14H2,1H3,(H,15,17). The molecule has 0 saturated heterocycles. The first kappa shape index (κ1) is 12.4. The van der Waals surface area contributed by atoms with E-state index in [-0.39, 0.29) is 5.91 Å². The first-order valence-corrected chi connectivity index (χ1v) is 5.95. The van der Waals surface area contributed by atoms with Crippen LogP contribution in [-0.4, -0.2) is 30.6 Å². The van der Waals surface area contributed by atoms with Crippen molar-refractivity contribution in [2.75, 3.05) is 25.5 Å². The van der Waals surface area contributed by atoms with Gasteiger partial charge in [0.2, 0.25) is 0 Å². The summed E-state index contributed by atoms with van der Waals surface area (Å²) in [6, 6.07) is 7.29. The van der Waals surface area contributed by atoms with Gasteiger partial charge in [0.1, 0.15) is 5.69 Å². The van der Waals surface area contributed by atoms with E-state index in [1.54, 1.807) is 12.1 Å². The van der Waals surface area contributed by atoms with Gasteiger partial charge >= 0.3 is 0 Å². The number of anilines is 1. The smallest absolute Gasteiger partial charge is 0.267 e. The summed E-state index contributed by atoms with van der Waals surface area (Å²) in [6.45, 7) is 3.60. The average molecular weight is 247 g/mol. The Hall–Kier alpha value is -2.01. The Balaban J connectivity index is 2.04. The summed E-state index contributed by atoms with van der Waals surface area (Å²) in [5.41, 5.74) is 7.81. The van der Waals surface area contributed by atoms with Crippen LogP contribution < -0.4 is 11.1 Å². The number of hydrogen-bond acceptors (Lipinski definition) is 3. The van der Waals surface area contributed by atoms with Crippen molar-refractivity contribution >= 4 is 22.5 Å². The number of benzene rings is 1. The maximum absolute atomic E-state index is 11.8. The van der Waals surface area contributed by atoms with Crippen LogP contribution in [0.5, 0.6) is 0 Å². The van der Waals surface area contributed by atoms with Crippen LogP contribution in [0.2, 0.25) is 0 Å². The zero-order valence-corrected chi connectivity index (χ0v) is 10.3. The molecule has 0 aliphatic heterocycles.